The van der Waals surface area contributed by atoms with Gasteiger partial charge in [0.2, 0.25) is 0 Å². The van der Waals surface area contributed by atoms with E-state index in [-0.39, 0.29) is 28.9 Å². The summed E-state index contributed by atoms with van der Waals surface area (Å²) in [5, 5.41) is 19.8. The Balaban J connectivity index is 2.38. The molecule has 2 rings (SSSR count). The molecule has 112 valence electrons. The second-order valence-corrected chi connectivity index (χ2v) is 5.19. The number of carboxylic acids is 1. The molecule has 1 aliphatic heterocycles. The number of hydrogen-bond donors (Lipinski definition) is 1. The van der Waals surface area contributed by atoms with Gasteiger partial charge in [-0.15, -0.1) is 0 Å². The van der Waals surface area contributed by atoms with Crippen molar-refractivity contribution in [1.29, 1.82) is 0 Å². The molecule has 1 aromatic rings. The van der Waals surface area contributed by atoms with Crippen LogP contribution in [0, 0.1) is 16.0 Å². The largest absolute Gasteiger partial charge is 0.480 e. The third-order valence-corrected chi connectivity index (χ3v) is 3.78. The Hall–Kier alpha value is -2.22. The van der Waals surface area contributed by atoms with Crippen LogP contribution in [0.2, 0.25) is 5.15 Å². The van der Waals surface area contributed by atoms with Crippen LogP contribution in [0.1, 0.15) is 23.7 Å². The summed E-state index contributed by atoms with van der Waals surface area (Å²) in [6, 6.07) is 0.0485. The summed E-state index contributed by atoms with van der Waals surface area (Å²) in [6.45, 7) is 2.00. The standard InChI is InChI=1S/C12H12ClN3O5/c1-6-2-3-15(9(6)12(18)19)11(17)8-4-7(16(20)21)5-14-10(8)13/h4-6,9H,2-3H2,1H3,(H,18,19). The van der Waals surface area contributed by atoms with Crippen LogP contribution in [0.25, 0.3) is 0 Å². The lowest BCUT2D eigenvalue weighted by atomic mass is 10.0. The van der Waals surface area contributed by atoms with Crippen LogP contribution >= 0.6 is 11.6 Å². The van der Waals surface area contributed by atoms with Gasteiger partial charge in [0.05, 0.1) is 10.5 Å². The van der Waals surface area contributed by atoms with Crippen LogP contribution in [0.15, 0.2) is 12.3 Å². The first kappa shape index (κ1) is 15.2. The highest BCUT2D eigenvalue weighted by molar-refractivity contribution is 6.32. The Labute approximate surface area is 124 Å². The Morgan fingerprint density at radius 3 is 2.81 bits per heavy atom. The molecule has 1 aliphatic rings. The maximum atomic E-state index is 12.4. The number of carboxylic acid groups (broad SMARTS) is 1. The van der Waals surface area contributed by atoms with Crippen LogP contribution in [0.5, 0.6) is 0 Å². The van der Waals surface area contributed by atoms with Gasteiger partial charge in [0.1, 0.15) is 17.4 Å². The number of likely N-dealkylation sites (tertiary alicyclic amines) is 1. The van der Waals surface area contributed by atoms with Crippen LogP contribution in [0.4, 0.5) is 5.69 Å². The molecule has 8 nitrogen and oxygen atoms in total. The van der Waals surface area contributed by atoms with Gasteiger partial charge >= 0.3 is 5.97 Å². The van der Waals surface area contributed by atoms with E-state index in [1.54, 1.807) is 6.92 Å². The summed E-state index contributed by atoms with van der Waals surface area (Å²) in [4.78, 5) is 38.5. The topological polar surface area (TPSA) is 114 Å². The first-order valence-electron chi connectivity index (χ1n) is 6.16. The quantitative estimate of drug-likeness (QED) is 0.515. The fourth-order valence-electron chi connectivity index (χ4n) is 2.39. The molecule has 0 bridgehead atoms. The lowest BCUT2D eigenvalue weighted by Gasteiger charge is -2.23. The first-order valence-corrected chi connectivity index (χ1v) is 6.54. The van der Waals surface area contributed by atoms with Gasteiger partial charge in [0.15, 0.2) is 0 Å². The second kappa shape index (κ2) is 5.65. The molecule has 2 unspecified atom stereocenters. The highest BCUT2D eigenvalue weighted by Gasteiger charge is 2.40. The van der Waals surface area contributed by atoms with Crippen molar-refractivity contribution in [2.24, 2.45) is 5.92 Å². The SMILES string of the molecule is CC1CCN(C(=O)c2cc([N+](=O)[O-])cnc2Cl)C1C(=O)O. The molecule has 2 atom stereocenters. The molecule has 0 saturated carbocycles. The molecule has 2 heterocycles. The van der Waals surface area contributed by atoms with Crippen molar-refractivity contribution in [2.75, 3.05) is 6.54 Å². The van der Waals surface area contributed by atoms with Gasteiger partial charge < -0.3 is 10.0 Å². The minimum absolute atomic E-state index is 0.161. The molecule has 1 aromatic heterocycles. The molecular formula is C12H12ClN3O5. The van der Waals surface area contributed by atoms with Gasteiger partial charge in [-0.1, -0.05) is 18.5 Å². The number of aliphatic carboxylic acids is 1. The lowest BCUT2D eigenvalue weighted by molar-refractivity contribution is -0.385. The monoisotopic (exact) mass is 313 g/mol. The molecule has 1 saturated heterocycles. The summed E-state index contributed by atoms with van der Waals surface area (Å²) in [6.07, 6.45) is 1.49. The number of pyridine rings is 1. The van der Waals surface area contributed by atoms with E-state index < -0.39 is 22.8 Å². The second-order valence-electron chi connectivity index (χ2n) is 4.84. The van der Waals surface area contributed by atoms with Gasteiger partial charge in [-0.25, -0.2) is 9.78 Å². The minimum atomic E-state index is -1.11. The molecule has 1 N–H and O–H groups in total. The van der Waals surface area contributed by atoms with Crippen LogP contribution in [0.3, 0.4) is 0 Å². The minimum Gasteiger partial charge on any atom is -0.480 e. The normalized spacial score (nSPS) is 21.3. The number of nitrogens with zero attached hydrogens (tertiary/aromatic N) is 3. The third-order valence-electron chi connectivity index (χ3n) is 3.48. The average Bonchev–Trinajstić information content (AvgIpc) is 2.80. The average molecular weight is 314 g/mol. The fourth-order valence-corrected chi connectivity index (χ4v) is 2.58. The van der Waals surface area contributed by atoms with Gasteiger partial charge in [0.25, 0.3) is 11.6 Å². The van der Waals surface area contributed by atoms with Crippen molar-refractivity contribution in [3.8, 4) is 0 Å². The number of rotatable bonds is 3. The Morgan fingerprint density at radius 2 is 2.24 bits per heavy atom. The van der Waals surface area contributed by atoms with E-state index in [9.17, 15) is 24.8 Å². The van der Waals surface area contributed by atoms with Crippen molar-refractivity contribution < 1.29 is 19.6 Å². The third kappa shape index (κ3) is 2.80. The van der Waals surface area contributed by atoms with Crippen molar-refractivity contribution in [3.05, 3.63) is 33.1 Å². The van der Waals surface area contributed by atoms with E-state index in [4.69, 9.17) is 11.6 Å². The maximum absolute atomic E-state index is 12.4. The smallest absolute Gasteiger partial charge is 0.326 e. The highest BCUT2D eigenvalue weighted by Crippen LogP contribution is 2.28. The van der Waals surface area contributed by atoms with Crippen LogP contribution in [-0.2, 0) is 4.79 Å². The number of carbonyl (C=O) groups is 2. The molecule has 0 aromatic carbocycles. The zero-order chi connectivity index (χ0) is 15.7. The fraction of sp³-hybridized carbons (Fsp3) is 0.417. The van der Waals surface area contributed by atoms with E-state index in [1.807, 2.05) is 0 Å². The Kier molecular flexibility index (Phi) is 4.08. The van der Waals surface area contributed by atoms with Crippen molar-refractivity contribution in [3.63, 3.8) is 0 Å². The lowest BCUT2D eigenvalue weighted by Crippen LogP contribution is -2.42. The molecule has 1 fully saturated rings. The van der Waals surface area contributed by atoms with Gasteiger partial charge in [-0.05, 0) is 12.3 Å². The molecule has 0 radical (unpaired) electrons. The number of halogens is 1. The predicted octanol–water partition coefficient (Wildman–Crippen LogP) is 1.58. The maximum Gasteiger partial charge on any atom is 0.326 e. The van der Waals surface area contributed by atoms with Crippen molar-refractivity contribution in [1.82, 2.24) is 9.88 Å². The number of nitro groups is 1. The summed E-state index contributed by atoms with van der Waals surface area (Å²) < 4.78 is 0. The van der Waals surface area contributed by atoms with E-state index in [1.165, 1.54) is 4.90 Å². The van der Waals surface area contributed by atoms with E-state index >= 15 is 0 Å². The summed E-state index contributed by atoms with van der Waals surface area (Å²) in [5.41, 5.74) is -0.534. The number of hydrogen-bond acceptors (Lipinski definition) is 5. The number of amides is 1. The van der Waals surface area contributed by atoms with Gasteiger partial charge in [-0.3, -0.25) is 14.9 Å². The van der Waals surface area contributed by atoms with E-state index in [2.05, 4.69) is 4.98 Å². The summed E-state index contributed by atoms with van der Waals surface area (Å²) >= 11 is 5.81. The van der Waals surface area contributed by atoms with Crippen LogP contribution in [-0.4, -0.2) is 44.4 Å². The molecule has 21 heavy (non-hydrogen) atoms. The number of carbonyl (C=O) groups excluding carboxylic acids is 1. The van der Waals surface area contributed by atoms with Crippen molar-refractivity contribution in [2.45, 2.75) is 19.4 Å². The van der Waals surface area contributed by atoms with E-state index in [0.717, 1.165) is 12.3 Å². The summed E-state index contributed by atoms with van der Waals surface area (Å²) in [5.74, 6) is -1.97. The van der Waals surface area contributed by atoms with Gasteiger partial charge in [-0.2, -0.15) is 0 Å². The Morgan fingerprint density at radius 1 is 1.57 bits per heavy atom. The highest BCUT2D eigenvalue weighted by atomic mass is 35.5. The molecule has 9 heteroatoms. The first-order chi connectivity index (χ1) is 9.82. The molecule has 0 spiro atoms. The number of aromatic nitrogens is 1. The zero-order valence-corrected chi connectivity index (χ0v) is 11.8. The van der Waals surface area contributed by atoms with E-state index in [0.29, 0.717) is 6.42 Å². The molecule has 1 amide bonds. The zero-order valence-electron chi connectivity index (χ0n) is 11.0. The van der Waals surface area contributed by atoms with Crippen molar-refractivity contribution >= 4 is 29.2 Å². The molecule has 0 aliphatic carbocycles. The summed E-state index contributed by atoms with van der Waals surface area (Å²) in [7, 11) is 0. The Bertz CT molecular complexity index is 621. The predicted molar refractivity (Wildman–Crippen MR) is 72.1 cm³/mol. The van der Waals surface area contributed by atoms with Crippen LogP contribution < -0.4 is 0 Å². The van der Waals surface area contributed by atoms with Gasteiger partial charge in [0, 0.05) is 12.6 Å². The molecular weight excluding hydrogens is 302 g/mol.